The van der Waals surface area contributed by atoms with Gasteiger partial charge in [0.25, 0.3) is 0 Å². The van der Waals surface area contributed by atoms with E-state index in [1.54, 1.807) is 13.2 Å². The van der Waals surface area contributed by atoms with E-state index in [1.807, 2.05) is 24.3 Å². The topological polar surface area (TPSA) is 69.7 Å². The molecule has 2 heterocycles. The van der Waals surface area contributed by atoms with E-state index in [1.165, 1.54) is 18.4 Å². The lowest BCUT2D eigenvalue weighted by molar-refractivity contribution is 0.0503. The molecule has 6 nitrogen and oxygen atoms in total. The summed E-state index contributed by atoms with van der Waals surface area (Å²) in [5.41, 5.74) is 3.90. The van der Waals surface area contributed by atoms with Crippen LogP contribution in [0.2, 0.25) is 0 Å². The van der Waals surface area contributed by atoms with Gasteiger partial charge in [-0.25, -0.2) is 4.79 Å². The summed E-state index contributed by atoms with van der Waals surface area (Å²) in [6.45, 7) is 3.92. The normalized spacial score (nSPS) is 14.5. The molecule has 1 fully saturated rings. The lowest BCUT2D eigenvalue weighted by Gasteiger charge is -2.13. The van der Waals surface area contributed by atoms with E-state index in [4.69, 9.17) is 10.6 Å². The van der Waals surface area contributed by atoms with Crippen molar-refractivity contribution < 1.29 is 14.4 Å². The van der Waals surface area contributed by atoms with Gasteiger partial charge in [0.05, 0.1) is 12.7 Å². The zero-order chi connectivity index (χ0) is 19.5. The summed E-state index contributed by atoms with van der Waals surface area (Å²) in [6, 6.07) is 13.7. The van der Waals surface area contributed by atoms with Crippen molar-refractivity contribution in [3.63, 3.8) is 0 Å². The van der Waals surface area contributed by atoms with Crippen molar-refractivity contribution in [2.45, 2.75) is 25.9 Å². The van der Waals surface area contributed by atoms with E-state index in [0.29, 0.717) is 12.1 Å². The van der Waals surface area contributed by atoms with Gasteiger partial charge in [0.15, 0.2) is 0 Å². The van der Waals surface area contributed by atoms with Crippen LogP contribution in [0.5, 0.6) is 5.75 Å². The molecule has 0 unspecified atom stereocenters. The second kappa shape index (κ2) is 8.04. The number of rotatable bonds is 6. The number of nitrogens with zero attached hydrogens (tertiary/aromatic N) is 2. The Hall–Kier alpha value is -2.83. The standard InChI is InChI=1S/C22H25N3O3/c1-27-19-7-4-16(5-8-19)13-25-15-18(14-24-10-2-3-11-24)20-9-6-17(12-21(20)25)22(26)28-23/h4-9,12,15H,2-3,10-11,13-14,23H2,1H3. The number of aromatic nitrogens is 1. The highest BCUT2D eigenvalue weighted by Gasteiger charge is 2.17. The largest absolute Gasteiger partial charge is 0.497 e. The molecule has 0 amide bonds. The third kappa shape index (κ3) is 3.74. The first-order valence-electron chi connectivity index (χ1n) is 9.56. The quantitative estimate of drug-likeness (QED) is 0.666. The molecule has 1 aromatic heterocycles. The van der Waals surface area contributed by atoms with E-state index < -0.39 is 5.97 Å². The van der Waals surface area contributed by atoms with E-state index in [0.717, 1.165) is 41.9 Å². The Labute approximate surface area is 164 Å². The maximum Gasteiger partial charge on any atom is 0.356 e. The van der Waals surface area contributed by atoms with Crippen LogP contribution in [0, 0.1) is 0 Å². The molecule has 1 saturated heterocycles. The summed E-state index contributed by atoms with van der Waals surface area (Å²) < 4.78 is 7.44. The third-order valence-corrected chi connectivity index (χ3v) is 5.41. The van der Waals surface area contributed by atoms with Crippen molar-refractivity contribution in [2.75, 3.05) is 20.2 Å². The number of hydrogen-bond acceptors (Lipinski definition) is 5. The van der Waals surface area contributed by atoms with Crippen LogP contribution >= 0.6 is 0 Å². The highest BCUT2D eigenvalue weighted by Crippen LogP contribution is 2.27. The van der Waals surface area contributed by atoms with Crippen LogP contribution in [0.4, 0.5) is 0 Å². The molecular formula is C22H25N3O3. The van der Waals surface area contributed by atoms with Crippen LogP contribution in [0.15, 0.2) is 48.7 Å². The van der Waals surface area contributed by atoms with E-state index in [2.05, 4.69) is 32.6 Å². The Bertz CT molecular complexity index is 973. The summed E-state index contributed by atoms with van der Waals surface area (Å²) in [5, 5.41) is 1.16. The molecule has 1 aliphatic rings. The van der Waals surface area contributed by atoms with Crippen molar-refractivity contribution in [3.05, 3.63) is 65.4 Å². The average molecular weight is 379 g/mol. The van der Waals surface area contributed by atoms with Crippen molar-refractivity contribution in [1.29, 1.82) is 0 Å². The number of methoxy groups -OCH3 is 1. The highest BCUT2D eigenvalue weighted by molar-refractivity contribution is 5.95. The minimum atomic E-state index is -0.528. The molecule has 4 rings (SSSR count). The molecule has 3 aromatic rings. The van der Waals surface area contributed by atoms with Gasteiger partial charge in [0.1, 0.15) is 5.75 Å². The maximum atomic E-state index is 11.9. The first-order valence-corrected chi connectivity index (χ1v) is 9.56. The van der Waals surface area contributed by atoms with Crippen molar-refractivity contribution in [3.8, 4) is 5.75 Å². The lowest BCUT2D eigenvalue weighted by atomic mass is 10.1. The zero-order valence-corrected chi connectivity index (χ0v) is 16.1. The first-order chi connectivity index (χ1) is 13.7. The Balaban J connectivity index is 1.71. The maximum absolute atomic E-state index is 11.9. The van der Waals surface area contributed by atoms with Gasteiger partial charge in [0.2, 0.25) is 0 Å². The summed E-state index contributed by atoms with van der Waals surface area (Å²) in [7, 11) is 1.66. The van der Waals surface area contributed by atoms with Gasteiger partial charge in [-0.15, -0.1) is 0 Å². The molecule has 0 saturated carbocycles. The Kier molecular flexibility index (Phi) is 5.32. The SMILES string of the molecule is COc1ccc(Cn2cc(CN3CCCC3)c3ccc(C(=O)ON)cc32)cc1. The molecule has 0 atom stereocenters. The van der Waals surface area contributed by atoms with Gasteiger partial charge in [0, 0.05) is 30.2 Å². The van der Waals surface area contributed by atoms with Gasteiger partial charge in [-0.3, -0.25) is 4.90 Å². The highest BCUT2D eigenvalue weighted by atomic mass is 16.7. The summed E-state index contributed by atoms with van der Waals surface area (Å²) in [4.78, 5) is 18.8. The molecular weight excluding hydrogens is 354 g/mol. The van der Waals surface area contributed by atoms with Crippen LogP contribution in [0.3, 0.4) is 0 Å². The Morgan fingerprint density at radius 2 is 1.82 bits per heavy atom. The molecule has 2 N–H and O–H groups in total. The van der Waals surface area contributed by atoms with Crippen molar-refractivity contribution in [2.24, 2.45) is 5.90 Å². The monoisotopic (exact) mass is 379 g/mol. The fourth-order valence-corrected chi connectivity index (χ4v) is 3.93. The van der Waals surface area contributed by atoms with Gasteiger partial charge >= 0.3 is 5.97 Å². The lowest BCUT2D eigenvalue weighted by Crippen LogP contribution is -2.18. The smallest absolute Gasteiger partial charge is 0.356 e. The van der Waals surface area contributed by atoms with E-state index in [9.17, 15) is 4.79 Å². The number of carbonyl (C=O) groups excluding carboxylic acids is 1. The molecule has 1 aliphatic heterocycles. The van der Waals surface area contributed by atoms with Crippen LogP contribution in [-0.2, 0) is 17.9 Å². The molecule has 146 valence electrons. The van der Waals surface area contributed by atoms with Crippen LogP contribution in [-0.4, -0.2) is 35.6 Å². The van der Waals surface area contributed by atoms with Crippen molar-refractivity contribution >= 4 is 16.9 Å². The van der Waals surface area contributed by atoms with Gasteiger partial charge in [-0.1, -0.05) is 18.2 Å². The molecule has 0 aliphatic carbocycles. The number of hydrogen-bond donors (Lipinski definition) is 1. The average Bonchev–Trinajstić information content (AvgIpc) is 3.36. The summed E-state index contributed by atoms with van der Waals surface area (Å²) in [5.74, 6) is 5.39. The van der Waals surface area contributed by atoms with Crippen LogP contribution < -0.4 is 10.6 Å². The second-order valence-corrected chi connectivity index (χ2v) is 7.25. The number of nitrogens with two attached hydrogens (primary N) is 1. The van der Waals surface area contributed by atoms with Crippen LogP contribution in [0.25, 0.3) is 10.9 Å². The van der Waals surface area contributed by atoms with Gasteiger partial charge in [-0.05, 0) is 61.3 Å². The van der Waals surface area contributed by atoms with Gasteiger partial charge in [-0.2, -0.15) is 5.90 Å². The molecule has 6 heteroatoms. The Morgan fingerprint density at radius 1 is 1.07 bits per heavy atom. The third-order valence-electron chi connectivity index (χ3n) is 5.41. The molecule has 0 bridgehead atoms. The van der Waals surface area contributed by atoms with Gasteiger partial charge < -0.3 is 14.1 Å². The predicted octanol–water partition coefficient (Wildman–Crippen LogP) is 3.32. The first kappa shape index (κ1) is 18.5. The Morgan fingerprint density at radius 3 is 2.50 bits per heavy atom. The number of fused-ring (bicyclic) bond motifs is 1. The summed E-state index contributed by atoms with van der Waals surface area (Å²) >= 11 is 0. The minimum Gasteiger partial charge on any atom is -0.497 e. The summed E-state index contributed by atoms with van der Waals surface area (Å²) in [6.07, 6.45) is 4.72. The molecule has 0 spiro atoms. The zero-order valence-electron chi connectivity index (χ0n) is 16.1. The van der Waals surface area contributed by atoms with E-state index >= 15 is 0 Å². The van der Waals surface area contributed by atoms with E-state index in [-0.39, 0.29) is 0 Å². The second-order valence-electron chi connectivity index (χ2n) is 7.25. The fourth-order valence-electron chi connectivity index (χ4n) is 3.93. The fraction of sp³-hybridized carbons (Fsp3) is 0.318. The number of likely N-dealkylation sites (tertiary alicyclic amines) is 1. The molecule has 0 radical (unpaired) electrons. The van der Waals surface area contributed by atoms with Crippen molar-refractivity contribution in [1.82, 2.24) is 9.47 Å². The molecule has 2 aromatic carbocycles. The molecule has 28 heavy (non-hydrogen) atoms. The number of carbonyl (C=O) groups is 1. The predicted molar refractivity (Wildman–Crippen MR) is 108 cm³/mol. The van der Waals surface area contributed by atoms with Crippen LogP contribution in [0.1, 0.15) is 34.3 Å². The number of ether oxygens (including phenoxy) is 1. The number of benzene rings is 2. The minimum absolute atomic E-state index is 0.455.